The van der Waals surface area contributed by atoms with E-state index in [9.17, 15) is 4.79 Å². The van der Waals surface area contributed by atoms with Crippen molar-refractivity contribution in [1.29, 1.82) is 0 Å². The van der Waals surface area contributed by atoms with E-state index in [0.29, 0.717) is 32.9 Å². The van der Waals surface area contributed by atoms with Crippen molar-refractivity contribution in [2.24, 2.45) is 5.41 Å². The number of benzene rings is 1. The molecule has 1 saturated heterocycles. The van der Waals surface area contributed by atoms with E-state index >= 15 is 0 Å². The number of aromatic amines is 1. The summed E-state index contributed by atoms with van der Waals surface area (Å²) in [6.45, 7) is 3.47. The molecule has 1 spiro atoms. The molecule has 5 rings (SSSR count). The number of aromatic nitrogens is 5. The summed E-state index contributed by atoms with van der Waals surface area (Å²) < 4.78 is 5.72. The van der Waals surface area contributed by atoms with Gasteiger partial charge in [-0.1, -0.05) is 21.9 Å². The van der Waals surface area contributed by atoms with Crippen LogP contribution in [-0.2, 0) is 4.79 Å². The number of rotatable bonds is 4. The van der Waals surface area contributed by atoms with Gasteiger partial charge in [0.1, 0.15) is 11.6 Å². The molecule has 2 aliphatic rings. The molecule has 10 heteroatoms. The maximum absolute atomic E-state index is 12.7. The number of hydrogen-bond acceptors (Lipinski definition) is 7. The van der Waals surface area contributed by atoms with Gasteiger partial charge in [-0.3, -0.25) is 9.89 Å². The third kappa shape index (κ3) is 2.99. The lowest BCUT2D eigenvalue weighted by molar-refractivity contribution is -0.133. The van der Waals surface area contributed by atoms with E-state index in [2.05, 4.69) is 30.9 Å². The quantitative estimate of drug-likeness (QED) is 0.691. The summed E-state index contributed by atoms with van der Waals surface area (Å²) in [7, 11) is 0. The van der Waals surface area contributed by atoms with Crippen LogP contribution in [-0.4, -0.2) is 55.5 Å². The van der Waals surface area contributed by atoms with Gasteiger partial charge in [-0.15, -0.1) is 10.2 Å². The SMILES string of the molecule is C[C@@H](Nc1nnc(-c2ccc(Cl)c3nn[nH]c23)o1)C(=O)N1CCC2(CC1)CC2. The summed E-state index contributed by atoms with van der Waals surface area (Å²) in [6, 6.07) is 3.22. The maximum atomic E-state index is 12.7. The molecule has 2 aromatic heterocycles. The van der Waals surface area contributed by atoms with Gasteiger partial charge < -0.3 is 14.6 Å². The Hall–Kier alpha value is -2.68. The maximum Gasteiger partial charge on any atom is 0.316 e. The number of anilines is 1. The first-order chi connectivity index (χ1) is 13.5. The fourth-order valence-electron chi connectivity index (χ4n) is 3.87. The minimum Gasteiger partial charge on any atom is -0.403 e. The summed E-state index contributed by atoms with van der Waals surface area (Å²) in [5, 5.41) is 22.1. The second-order valence-electron chi connectivity index (χ2n) is 7.73. The molecule has 146 valence electrons. The number of halogens is 1. The molecular weight excluding hydrogens is 382 g/mol. The molecule has 1 atom stereocenters. The van der Waals surface area contributed by atoms with Gasteiger partial charge in [-0.25, -0.2) is 0 Å². The number of fused-ring (bicyclic) bond motifs is 1. The topological polar surface area (TPSA) is 113 Å². The van der Waals surface area contributed by atoms with Crippen molar-refractivity contribution in [2.75, 3.05) is 18.4 Å². The number of carbonyl (C=O) groups excluding carboxylic acids is 1. The van der Waals surface area contributed by atoms with Crippen molar-refractivity contribution in [1.82, 2.24) is 30.5 Å². The van der Waals surface area contributed by atoms with Crippen molar-refractivity contribution in [3.05, 3.63) is 17.2 Å². The Morgan fingerprint density at radius 3 is 2.79 bits per heavy atom. The number of H-pyrrole nitrogens is 1. The van der Waals surface area contributed by atoms with Crippen LogP contribution in [0.5, 0.6) is 0 Å². The standard InChI is InChI=1S/C18H20ClN7O2/c1-10(16(27)26-8-6-18(4-5-18)7-9-26)20-17-24-23-15(28-17)11-2-3-12(19)14-13(11)21-25-22-14/h2-3,10H,4-9H2,1H3,(H,20,24)(H,21,22,25)/t10-/m1/s1. The first kappa shape index (κ1) is 17.4. The van der Waals surface area contributed by atoms with Gasteiger partial charge in [0, 0.05) is 13.1 Å². The van der Waals surface area contributed by atoms with Crippen LogP contribution in [0, 0.1) is 5.41 Å². The second kappa shape index (κ2) is 6.44. The Balaban J connectivity index is 1.29. The molecule has 1 saturated carbocycles. The predicted molar refractivity (Wildman–Crippen MR) is 103 cm³/mol. The molecule has 2 fully saturated rings. The third-order valence-electron chi connectivity index (χ3n) is 5.90. The van der Waals surface area contributed by atoms with Crippen LogP contribution in [0.3, 0.4) is 0 Å². The monoisotopic (exact) mass is 401 g/mol. The van der Waals surface area contributed by atoms with Gasteiger partial charge in [-0.2, -0.15) is 0 Å². The number of hydrogen-bond donors (Lipinski definition) is 2. The van der Waals surface area contributed by atoms with Crippen molar-refractivity contribution < 1.29 is 9.21 Å². The van der Waals surface area contributed by atoms with Crippen LogP contribution in [0.15, 0.2) is 16.5 Å². The Bertz CT molecular complexity index is 1030. The molecule has 3 heterocycles. The van der Waals surface area contributed by atoms with Crippen LogP contribution in [0.2, 0.25) is 5.02 Å². The zero-order valence-electron chi connectivity index (χ0n) is 15.4. The Morgan fingerprint density at radius 2 is 2.04 bits per heavy atom. The van der Waals surface area contributed by atoms with Crippen LogP contribution >= 0.6 is 11.6 Å². The summed E-state index contributed by atoms with van der Waals surface area (Å²) >= 11 is 6.12. The van der Waals surface area contributed by atoms with Crippen LogP contribution in [0.1, 0.15) is 32.6 Å². The number of nitrogens with one attached hydrogen (secondary N) is 2. The lowest BCUT2D eigenvalue weighted by Crippen LogP contribution is -2.45. The molecule has 28 heavy (non-hydrogen) atoms. The van der Waals surface area contributed by atoms with Gasteiger partial charge in [0.05, 0.1) is 16.1 Å². The third-order valence-corrected chi connectivity index (χ3v) is 6.20. The summed E-state index contributed by atoms with van der Waals surface area (Å²) in [4.78, 5) is 14.7. The molecule has 1 aliphatic heterocycles. The molecule has 1 aromatic carbocycles. The van der Waals surface area contributed by atoms with Gasteiger partial charge in [0.15, 0.2) is 0 Å². The normalized spacial score (nSPS) is 19.1. The molecule has 3 aromatic rings. The Morgan fingerprint density at radius 1 is 1.25 bits per heavy atom. The fourth-order valence-corrected chi connectivity index (χ4v) is 4.06. The number of piperidine rings is 1. The molecule has 0 bridgehead atoms. The minimum atomic E-state index is -0.444. The highest BCUT2D eigenvalue weighted by atomic mass is 35.5. The minimum absolute atomic E-state index is 0.0573. The van der Waals surface area contributed by atoms with Crippen molar-refractivity contribution >= 4 is 34.6 Å². The Kier molecular flexibility index (Phi) is 4.01. The number of likely N-dealkylation sites (tertiary alicyclic amines) is 1. The predicted octanol–water partition coefficient (Wildman–Crippen LogP) is 2.86. The zero-order valence-corrected chi connectivity index (χ0v) is 16.2. The van der Waals surface area contributed by atoms with Gasteiger partial charge >= 0.3 is 6.01 Å². The van der Waals surface area contributed by atoms with Crippen molar-refractivity contribution in [3.63, 3.8) is 0 Å². The fraction of sp³-hybridized carbons (Fsp3) is 0.500. The first-order valence-corrected chi connectivity index (χ1v) is 9.81. The van der Waals surface area contributed by atoms with E-state index in [1.807, 2.05) is 11.8 Å². The van der Waals surface area contributed by atoms with Crippen LogP contribution < -0.4 is 5.32 Å². The van der Waals surface area contributed by atoms with Crippen molar-refractivity contribution in [2.45, 2.75) is 38.6 Å². The number of nitrogens with zero attached hydrogens (tertiary/aromatic N) is 5. The number of carbonyl (C=O) groups is 1. The highest BCUT2D eigenvalue weighted by Crippen LogP contribution is 2.53. The summed E-state index contributed by atoms with van der Waals surface area (Å²) in [6.07, 6.45) is 4.86. The summed E-state index contributed by atoms with van der Waals surface area (Å²) in [5.74, 6) is 0.352. The van der Waals surface area contributed by atoms with Crippen LogP contribution in [0.4, 0.5) is 6.01 Å². The van der Waals surface area contributed by atoms with E-state index in [1.165, 1.54) is 12.8 Å². The van der Waals surface area contributed by atoms with E-state index < -0.39 is 6.04 Å². The lowest BCUT2D eigenvalue weighted by atomic mass is 9.93. The molecule has 0 radical (unpaired) electrons. The molecule has 0 unspecified atom stereocenters. The lowest BCUT2D eigenvalue weighted by Gasteiger charge is -2.33. The van der Waals surface area contributed by atoms with E-state index in [0.717, 1.165) is 25.9 Å². The first-order valence-electron chi connectivity index (χ1n) is 9.43. The largest absolute Gasteiger partial charge is 0.403 e. The highest BCUT2D eigenvalue weighted by molar-refractivity contribution is 6.35. The number of amides is 1. The molecule has 9 nitrogen and oxygen atoms in total. The van der Waals surface area contributed by atoms with Gasteiger partial charge in [0.2, 0.25) is 5.91 Å². The van der Waals surface area contributed by atoms with Gasteiger partial charge in [-0.05, 0) is 50.2 Å². The van der Waals surface area contributed by atoms with Crippen LogP contribution in [0.25, 0.3) is 22.5 Å². The molecule has 1 aliphatic carbocycles. The summed E-state index contributed by atoms with van der Waals surface area (Å²) in [5.41, 5.74) is 2.35. The highest BCUT2D eigenvalue weighted by Gasteiger charge is 2.45. The smallest absolute Gasteiger partial charge is 0.316 e. The average molecular weight is 402 g/mol. The van der Waals surface area contributed by atoms with E-state index in [-0.39, 0.29) is 11.9 Å². The van der Waals surface area contributed by atoms with E-state index in [1.54, 1.807) is 12.1 Å². The average Bonchev–Trinajstić information content (AvgIpc) is 3.11. The second-order valence-corrected chi connectivity index (χ2v) is 8.14. The molecule has 1 amide bonds. The molecular formula is C18H20ClN7O2. The Labute approximate surface area is 165 Å². The zero-order chi connectivity index (χ0) is 19.3. The van der Waals surface area contributed by atoms with Gasteiger partial charge in [0.25, 0.3) is 5.89 Å². The van der Waals surface area contributed by atoms with E-state index in [4.69, 9.17) is 16.0 Å². The van der Waals surface area contributed by atoms with Crippen molar-refractivity contribution in [3.8, 4) is 11.5 Å². The molecule has 2 N–H and O–H groups in total.